The van der Waals surface area contributed by atoms with E-state index in [-0.39, 0.29) is 24.0 Å². The molecule has 2 heterocycles. The average Bonchev–Trinajstić information content (AvgIpc) is 2.93. The first kappa shape index (κ1) is 15.7. The molecule has 2 N–H and O–H groups in total. The minimum absolute atomic E-state index is 0.0295. The Labute approximate surface area is 131 Å². The lowest BCUT2D eigenvalue weighted by atomic mass is 10.1. The number of halogens is 2. The Balaban J connectivity index is 1.76. The quantitative estimate of drug-likeness (QED) is 0.891. The number of anilines is 1. The summed E-state index contributed by atoms with van der Waals surface area (Å²) in [6, 6.07) is 4.56. The van der Waals surface area contributed by atoms with E-state index < -0.39 is 6.43 Å². The van der Waals surface area contributed by atoms with Crippen molar-refractivity contribution in [1.29, 1.82) is 0 Å². The third-order valence-corrected chi connectivity index (χ3v) is 4.10. The zero-order chi connectivity index (χ0) is 16.6. The van der Waals surface area contributed by atoms with Crippen molar-refractivity contribution in [3.63, 3.8) is 0 Å². The van der Waals surface area contributed by atoms with E-state index in [0.29, 0.717) is 29.9 Å². The van der Waals surface area contributed by atoms with Crippen LogP contribution in [-0.2, 0) is 4.74 Å². The van der Waals surface area contributed by atoms with Crippen LogP contribution in [0.25, 0.3) is 11.0 Å². The summed E-state index contributed by atoms with van der Waals surface area (Å²) >= 11 is 0. The topological polar surface area (TPSA) is 70.2 Å². The molecule has 124 valence electrons. The van der Waals surface area contributed by atoms with Crippen molar-refractivity contribution in [3.05, 3.63) is 24.0 Å². The number of amides is 2. The smallest absolute Gasteiger partial charge is 0.322 e. The second kappa shape index (κ2) is 6.11. The minimum atomic E-state index is -2.66. The highest BCUT2D eigenvalue weighted by atomic mass is 19.3. The van der Waals surface area contributed by atoms with Crippen molar-refractivity contribution in [2.24, 2.45) is 0 Å². The van der Waals surface area contributed by atoms with E-state index >= 15 is 0 Å². The van der Waals surface area contributed by atoms with Crippen LogP contribution in [0.1, 0.15) is 26.1 Å². The van der Waals surface area contributed by atoms with Crippen LogP contribution in [0.2, 0.25) is 0 Å². The summed E-state index contributed by atoms with van der Waals surface area (Å²) in [4.78, 5) is 20.4. The number of alkyl halides is 2. The largest absolute Gasteiger partial charge is 0.375 e. The molecule has 1 aliphatic rings. The predicted octanol–water partition coefficient (Wildman–Crippen LogP) is 3.14. The van der Waals surface area contributed by atoms with E-state index in [4.69, 9.17) is 4.74 Å². The third kappa shape index (κ3) is 3.12. The first-order valence-electron chi connectivity index (χ1n) is 7.42. The number of hydrogen-bond donors (Lipinski definition) is 2. The van der Waals surface area contributed by atoms with Gasteiger partial charge in [-0.05, 0) is 32.0 Å². The summed E-state index contributed by atoms with van der Waals surface area (Å²) in [5, 5.41) is 2.79. The van der Waals surface area contributed by atoms with E-state index in [1.807, 2.05) is 13.8 Å². The molecule has 0 radical (unpaired) electrons. The van der Waals surface area contributed by atoms with E-state index in [9.17, 15) is 13.6 Å². The van der Waals surface area contributed by atoms with Crippen LogP contribution >= 0.6 is 0 Å². The lowest BCUT2D eigenvalue weighted by Gasteiger charge is -2.37. The molecule has 2 aromatic rings. The number of fused-ring (bicyclic) bond motifs is 1. The van der Waals surface area contributed by atoms with Crippen LogP contribution in [-0.4, -0.2) is 46.2 Å². The number of carbonyl (C=O) groups excluding carboxylic acids is 1. The van der Waals surface area contributed by atoms with Gasteiger partial charge >= 0.3 is 6.03 Å². The van der Waals surface area contributed by atoms with Gasteiger partial charge in [0.05, 0.1) is 29.8 Å². The Hall–Kier alpha value is -2.22. The maximum Gasteiger partial charge on any atom is 0.322 e. The van der Waals surface area contributed by atoms with Crippen molar-refractivity contribution in [1.82, 2.24) is 14.9 Å². The van der Waals surface area contributed by atoms with Crippen LogP contribution in [0, 0.1) is 0 Å². The molecule has 0 bridgehead atoms. The van der Waals surface area contributed by atoms with Crippen molar-refractivity contribution in [3.8, 4) is 0 Å². The molecule has 0 spiro atoms. The number of benzene rings is 1. The standard InChI is InChI=1S/C15H18F2N4O2/c1-8-9(2)23-6-5-21(8)15(22)18-10-3-4-11-12(7-10)20-14(19-11)13(16)17/h3-4,7-9,13H,5-6H2,1-2H3,(H,18,22)(H,19,20). The van der Waals surface area contributed by atoms with E-state index in [0.717, 1.165) is 0 Å². The van der Waals surface area contributed by atoms with Crippen molar-refractivity contribution >= 4 is 22.8 Å². The van der Waals surface area contributed by atoms with Gasteiger partial charge in [-0.2, -0.15) is 0 Å². The summed E-state index contributed by atoms with van der Waals surface area (Å²) in [5.41, 5.74) is 1.42. The number of nitrogens with one attached hydrogen (secondary N) is 2. The Kier molecular flexibility index (Phi) is 4.16. The molecule has 1 saturated heterocycles. The Bertz CT molecular complexity index is 719. The summed E-state index contributed by atoms with van der Waals surface area (Å²) in [6.07, 6.45) is -2.69. The predicted molar refractivity (Wildman–Crippen MR) is 81.7 cm³/mol. The van der Waals surface area contributed by atoms with Gasteiger partial charge < -0.3 is 19.9 Å². The lowest BCUT2D eigenvalue weighted by molar-refractivity contribution is -0.0355. The maximum atomic E-state index is 12.7. The van der Waals surface area contributed by atoms with E-state index in [1.165, 1.54) is 0 Å². The minimum Gasteiger partial charge on any atom is -0.375 e. The van der Waals surface area contributed by atoms with E-state index in [2.05, 4.69) is 15.3 Å². The van der Waals surface area contributed by atoms with E-state index in [1.54, 1.807) is 23.1 Å². The summed E-state index contributed by atoms with van der Waals surface area (Å²) in [6.45, 7) is 4.86. The number of urea groups is 1. The van der Waals surface area contributed by atoms with Gasteiger partial charge in [0.25, 0.3) is 6.43 Å². The van der Waals surface area contributed by atoms with Gasteiger partial charge in [0, 0.05) is 12.2 Å². The maximum absolute atomic E-state index is 12.7. The molecule has 1 aromatic heterocycles. The molecule has 0 saturated carbocycles. The Morgan fingerprint density at radius 2 is 2.26 bits per heavy atom. The van der Waals surface area contributed by atoms with Crippen molar-refractivity contribution in [2.75, 3.05) is 18.5 Å². The molecule has 2 amide bonds. The summed E-state index contributed by atoms with van der Waals surface area (Å²) in [7, 11) is 0. The zero-order valence-corrected chi connectivity index (χ0v) is 12.8. The fourth-order valence-corrected chi connectivity index (χ4v) is 2.63. The molecule has 23 heavy (non-hydrogen) atoms. The number of morpholine rings is 1. The van der Waals surface area contributed by atoms with Crippen molar-refractivity contribution < 1.29 is 18.3 Å². The van der Waals surface area contributed by atoms with Crippen LogP contribution < -0.4 is 5.32 Å². The third-order valence-electron chi connectivity index (χ3n) is 4.10. The number of ether oxygens (including phenoxy) is 1. The van der Waals surface area contributed by atoms with Crippen LogP contribution in [0.3, 0.4) is 0 Å². The number of aromatic amines is 1. The van der Waals surface area contributed by atoms with Gasteiger partial charge in [0.15, 0.2) is 5.82 Å². The van der Waals surface area contributed by atoms with Crippen LogP contribution in [0.4, 0.5) is 19.3 Å². The van der Waals surface area contributed by atoms with Gasteiger partial charge in [-0.3, -0.25) is 0 Å². The molecule has 2 atom stereocenters. The number of H-pyrrole nitrogens is 1. The van der Waals surface area contributed by atoms with Gasteiger partial charge in [0.2, 0.25) is 0 Å². The monoisotopic (exact) mass is 324 g/mol. The highest BCUT2D eigenvalue weighted by Gasteiger charge is 2.29. The molecule has 1 aromatic carbocycles. The average molecular weight is 324 g/mol. The molecule has 2 unspecified atom stereocenters. The highest BCUT2D eigenvalue weighted by Crippen LogP contribution is 2.23. The number of nitrogens with zero attached hydrogens (tertiary/aromatic N) is 2. The summed E-state index contributed by atoms with van der Waals surface area (Å²) in [5.74, 6) is -0.376. The molecule has 1 fully saturated rings. The highest BCUT2D eigenvalue weighted by molar-refractivity contribution is 5.92. The lowest BCUT2D eigenvalue weighted by Crippen LogP contribution is -2.52. The Morgan fingerprint density at radius 1 is 1.48 bits per heavy atom. The number of aromatic nitrogens is 2. The first-order valence-corrected chi connectivity index (χ1v) is 7.42. The summed E-state index contributed by atoms with van der Waals surface area (Å²) < 4.78 is 30.8. The molecule has 3 rings (SSSR count). The first-order chi connectivity index (χ1) is 11.0. The number of imidazole rings is 1. The van der Waals surface area contributed by atoms with Crippen LogP contribution in [0.5, 0.6) is 0 Å². The Morgan fingerprint density at radius 3 is 3.00 bits per heavy atom. The van der Waals surface area contributed by atoms with Gasteiger partial charge in [-0.1, -0.05) is 0 Å². The number of rotatable bonds is 2. The molecular formula is C15H18F2N4O2. The molecular weight excluding hydrogens is 306 g/mol. The zero-order valence-electron chi connectivity index (χ0n) is 12.8. The molecule has 0 aliphatic carbocycles. The molecule has 1 aliphatic heterocycles. The normalized spacial score (nSPS) is 21.9. The molecule has 8 heteroatoms. The SMILES string of the molecule is CC1OCCN(C(=O)Nc2ccc3nc(C(F)F)[nH]c3c2)C1C. The van der Waals surface area contributed by atoms with Crippen LogP contribution in [0.15, 0.2) is 18.2 Å². The second-order valence-corrected chi connectivity index (χ2v) is 5.59. The fraction of sp³-hybridized carbons (Fsp3) is 0.467. The second-order valence-electron chi connectivity index (χ2n) is 5.59. The van der Waals surface area contributed by atoms with Gasteiger partial charge in [-0.25, -0.2) is 18.6 Å². The molecule has 6 nitrogen and oxygen atoms in total. The van der Waals surface area contributed by atoms with Gasteiger partial charge in [-0.15, -0.1) is 0 Å². The fourth-order valence-electron chi connectivity index (χ4n) is 2.63. The number of hydrogen-bond acceptors (Lipinski definition) is 3. The van der Waals surface area contributed by atoms with Gasteiger partial charge in [0.1, 0.15) is 0 Å². The number of carbonyl (C=O) groups is 1. The van der Waals surface area contributed by atoms with Crippen molar-refractivity contribution in [2.45, 2.75) is 32.4 Å².